The predicted octanol–water partition coefficient (Wildman–Crippen LogP) is 3.84. The number of hydrogen-bond donors (Lipinski definition) is 0. The van der Waals surface area contributed by atoms with Gasteiger partial charge in [0.05, 0.1) is 0 Å². The molecule has 1 nitrogen and oxygen atoms in total. The molecule has 1 aromatic rings. The third-order valence-electron chi connectivity index (χ3n) is 5.03. The quantitative estimate of drug-likeness (QED) is 0.744. The first kappa shape index (κ1) is 11.3. The predicted molar refractivity (Wildman–Crippen MR) is 71.8 cm³/mol. The number of rotatable bonds is 2. The van der Waals surface area contributed by atoms with Crippen molar-refractivity contribution in [2.45, 2.75) is 51.6 Å². The van der Waals surface area contributed by atoms with Gasteiger partial charge < -0.3 is 0 Å². The second kappa shape index (κ2) is 4.45. The summed E-state index contributed by atoms with van der Waals surface area (Å²) < 4.78 is 0. The van der Waals surface area contributed by atoms with Gasteiger partial charge in [-0.05, 0) is 30.7 Å². The summed E-state index contributed by atoms with van der Waals surface area (Å²) in [5, 5.41) is 0. The van der Waals surface area contributed by atoms with Crippen LogP contribution in [0.25, 0.3) is 0 Å². The van der Waals surface area contributed by atoms with Crippen molar-refractivity contribution in [1.82, 2.24) is 4.90 Å². The van der Waals surface area contributed by atoms with Crippen molar-refractivity contribution in [2.75, 3.05) is 6.54 Å². The van der Waals surface area contributed by atoms with Crippen LogP contribution in [0.2, 0.25) is 0 Å². The highest BCUT2D eigenvalue weighted by atomic mass is 15.2. The molecular formula is C16H23N. The van der Waals surface area contributed by atoms with E-state index in [-0.39, 0.29) is 0 Å². The standard InChI is InChI=1S/C16H23N/c1-14-16(10-6-3-7-11-16)13-17(14)12-15-8-4-2-5-9-15/h2,4-5,8-9,14H,3,6-7,10-13H2,1H3. The third kappa shape index (κ3) is 2.01. The molecule has 3 rings (SSSR count). The van der Waals surface area contributed by atoms with E-state index in [1.165, 1.54) is 44.2 Å². The zero-order valence-electron chi connectivity index (χ0n) is 10.9. The van der Waals surface area contributed by atoms with Crippen LogP contribution >= 0.6 is 0 Å². The average molecular weight is 229 g/mol. The fourth-order valence-corrected chi connectivity index (χ4v) is 3.79. The molecule has 0 N–H and O–H groups in total. The van der Waals surface area contributed by atoms with E-state index >= 15 is 0 Å². The molecule has 1 heterocycles. The second-order valence-electron chi connectivity index (χ2n) is 5.99. The number of nitrogens with zero attached hydrogens (tertiary/aromatic N) is 1. The van der Waals surface area contributed by atoms with Gasteiger partial charge in [-0.1, -0.05) is 49.6 Å². The number of benzene rings is 1. The van der Waals surface area contributed by atoms with Gasteiger partial charge in [-0.25, -0.2) is 0 Å². The van der Waals surface area contributed by atoms with Crippen LogP contribution in [-0.4, -0.2) is 17.5 Å². The topological polar surface area (TPSA) is 3.24 Å². The summed E-state index contributed by atoms with van der Waals surface area (Å²) in [4.78, 5) is 2.65. The van der Waals surface area contributed by atoms with Crippen LogP contribution in [0.5, 0.6) is 0 Å². The summed E-state index contributed by atoms with van der Waals surface area (Å²) in [7, 11) is 0. The van der Waals surface area contributed by atoms with Gasteiger partial charge >= 0.3 is 0 Å². The van der Waals surface area contributed by atoms with E-state index in [1.54, 1.807) is 0 Å². The monoisotopic (exact) mass is 229 g/mol. The highest BCUT2D eigenvalue weighted by Gasteiger charge is 2.49. The molecule has 0 amide bonds. The molecule has 2 aliphatic rings. The fourth-order valence-electron chi connectivity index (χ4n) is 3.79. The largest absolute Gasteiger partial charge is 0.295 e. The molecule has 1 saturated heterocycles. The maximum absolute atomic E-state index is 2.65. The highest BCUT2D eigenvalue weighted by Crippen LogP contribution is 2.49. The molecule has 2 fully saturated rings. The Morgan fingerprint density at radius 1 is 1.12 bits per heavy atom. The second-order valence-corrected chi connectivity index (χ2v) is 5.99. The van der Waals surface area contributed by atoms with Crippen LogP contribution in [0.4, 0.5) is 0 Å². The van der Waals surface area contributed by atoms with Gasteiger partial charge in [-0.2, -0.15) is 0 Å². The Morgan fingerprint density at radius 3 is 2.47 bits per heavy atom. The Labute approximate surface area is 105 Å². The molecular weight excluding hydrogens is 206 g/mol. The summed E-state index contributed by atoms with van der Waals surface area (Å²) in [5.41, 5.74) is 2.15. The summed E-state index contributed by atoms with van der Waals surface area (Å²) in [6, 6.07) is 11.7. The minimum absolute atomic E-state index is 0.688. The zero-order valence-corrected chi connectivity index (χ0v) is 10.9. The molecule has 1 spiro atoms. The molecule has 92 valence electrons. The lowest BCUT2D eigenvalue weighted by Crippen LogP contribution is -2.63. The molecule has 0 bridgehead atoms. The zero-order chi connectivity index (χ0) is 11.7. The van der Waals surface area contributed by atoms with Crippen LogP contribution in [0.15, 0.2) is 30.3 Å². The van der Waals surface area contributed by atoms with E-state index in [9.17, 15) is 0 Å². The van der Waals surface area contributed by atoms with Crippen LogP contribution in [0.3, 0.4) is 0 Å². The SMILES string of the molecule is CC1N(Cc2ccccc2)CC12CCCCC2. The van der Waals surface area contributed by atoms with Crippen molar-refractivity contribution < 1.29 is 0 Å². The lowest BCUT2D eigenvalue weighted by Gasteiger charge is -2.58. The van der Waals surface area contributed by atoms with Crippen LogP contribution in [-0.2, 0) is 6.54 Å². The van der Waals surface area contributed by atoms with Gasteiger partial charge in [0.1, 0.15) is 0 Å². The van der Waals surface area contributed by atoms with Gasteiger partial charge in [-0.15, -0.1) is 0 Å². The summed E-state index contributed by atoms with van der Waals surface area (Å²) in [5.74, 6) is 0. The lowest BCUT2D eigenvalue weighted by molar-refractivity contribution is -0.0930. The molecule has 1 atom stereocenters. The summed E-state index contributed by atoms with van der Waals surface area (Å²) >= 11 is 0. The average Bonchev–Trinajstić information content (AvgIpc) is 2.40. The first-order chi connectivity index (χ1) is 8.30. The maximum atomic E-state index is 2.65. The summed E-state index contributed by atoms with van der Waals surface area (Å²) in [6.45, 7) is 4.92. The van der Waals surface area contributed by atoms with Gasteiger partial charge in [0.15, 0.2) is 0 Å². The molecule has 1 saturated carbocycles. The van der Waals surface area contributed by atoms with E-state index in [1.807, 2.05) is 0 Å². The third-order valence-corrected chi connectivity index (χ3v) is 5.03. The first-order valence-corrected chi connectivity index (χ1v) is 7.08. The molecule has 1 aliphatic carbocycles. The highest BCUT2D eigenvalue weighted by molar-refractivity contribution is 5.16. The molecule has 0 radical (unpaired) electrons. The normalized spacial score (nSPS) is 27.9. The summed E-state index contributed by atoms with van der Waals surface area (Å²) in [6.07, 6.45) is 7.33. The van der Waals surface area contributed by atoms with Gasteiger partial charge in [0.2, 0.25) is 0 Å². The smallest absolute Gasteiger partial charge is 0.0237 e. The van der Waals surface area contributed by atoms with E-state index in [2.05, 4.69) is 42.2 Å². The van der Waals surface area contributed by atoms with Gasteiger partial charge in [0, 0.05) is 19.1 Å². The first-order valence-electron chi connectivity index (χ1n) is 7.08. The number of likely N-dealkylation sites (tertiary alicyclic amines) is 1. The Balaban J connectivity index is 1.62. The number of hydrogen-bond acceptors (Lipinski definition) is 1. The van der Waals surface area contributed by atoms with Crippen LogP contribution in [0, 0.1) is 5.41 Å². The minimum atomic E-state index is 0.688. The molecule has 1 unspecified atom stereocenters. The lowest BCUT2D eigenvalue weighted by atomic mass is 9.63. The van der Waals surface area contributed by atoms with E-state index in [4.69, 9.17) is 0 Å². The van der Waals surface area contributed by atoms with Crippen molar-refractivity contribution in [3.63, 3.8) is 0 Å². The van der Waals surface area contributed by atoms with E-state index < -0.39 is 0 Å². The van der Waals surface area contributed by atoms with Crippen molar-refractivity contribution >= 4 is 0 Å². The van der Waals surface area contributed by atoms with Gasteiger partial charge in [-0.3, -0.25) is 4.90 Å². The molecule has 1 aromatic carbocycles. The molecule has 0 aromatic heterocycles. The molecule has 17 heavy (non-hydrogen) atoms. The maximum Gasteiger partial charge on any atom is 0.0237 e. The van der Waals surface area contributed by atoms with E-state index in [0.29, 0.717) is 5.41 Å². The Bertz CT molecular complexity index is 364. The van der Waals surface area contributed by atoms with Crippen molar-refractivity contribution in [3.8, 4) is 0 Å². The minimum Gasteiger partial charge on any atom is -0.295 e. The van der Waals surface area contributed by atoms with Crippen molar-refractivity contribution in [1.29, 1.82) is 0 Å². The Kier molecular flexibility index (Phi) is 2.96. The Hall–Kier alpha value is -0.820. The van der Waals surface area contributed by atoms with Crippen LogP contribution < -0.4 is 0 Å². The van der Waals surface area contributed by atoms with Crippen molar-refractivity contribution in [2.24, 2.45) is 5.41 Å². The molecule has 1 aliphatic heterocycles. The Morgan fingerprint density at radius 2 is 1.82 bits per heavy atom. The van der Waals surface area contributed by atoms with Crippen LogP contribution in [0.1, 0.15) is 44.6 Å². The van der Waals surface area contributed by atoms with Gasteiger partial charge in [0.25, 0.3) is 0 Å². The van der Waals surface area contributed by atoms with Crippen molar-refractivity contribution in [3.05, 3.63) is 35.9 Å². The molecule has 1 heteroatoms. The fraction of sp³-hybridized carbons (Fsp3) is 0.625. The van der Waals surface area contributed by atoms with E-state index in [0.717, 1.165) is 12.6 Å².